The van der Waals surface area contributed by atoms with E-state index in [0.717, 1.165) is 31.9 Å². The first-order chi connectivity index (χ1) is 12.8. The molecule has 0 bridgehead atoms. The van der Waals surface area contributed by atoms with Crippen molar-refractivity contribution in [1.29, 1.82) is 0 Å². The van der Waals surface area contributed by atoms with Gasteiger partial charge < -0.3 is 15.0 Å². The fourth-order valence-corrected chi connectivity index (χ4v) is 3.83. The van der Waals surface area contributed by atoms with Crippen molar-refractivity contribution in [3.8, 4) is 5.75 Å². The lowest BCUT2D eigenvalue weighted by Gasteiger charge is -2.27. The third-order valence-electron chi connectivity index (χ3n) is 4.65. The molecular formula is C19H28N2O5S. The van der Waals surface area contributed by atoms with Crippen LogP contribution in [0.5, 0.6) is 5.75 Å². The molecule has 150 valence electrons. The standard InChI is InChI=1S/C19H28N2O5S/c1-26-17-10-6-5-9-15(17)18(22)20-16(11-14-27(2,24)25)19(23)21-12-7-3-4-8-13-21/h5-6,9-10,16H,3-4,7-8,11-14H2,1-2H3,(H,20,22). The predicted molar refractivity (Wildman–Crippen MR) is 104 cm³/mol. The van der Waals surface area contributed by atoms with Crippen molar-refractivity contribution >= 4 is 21.7 Å². The zero-order valence-corrected chi connectivity index (χ0v) is 16.8. The molecule has 27 heavy (non-hydrogen) atoms. The van der Waals surface area contributed by atoms with E-state index in [1.165, 1.54) is 7.11 Å². The molecule has 1 saturated heterocycles. The number of benzene rings is 1. The van der Waals surface area contributed by atoms with E-state index in [2.05, 4.69) is 5.32 Å². The van der Waals surface area contributed by atoms with Crippen LogP contribution in [0.1, 0.15) is 42.5 Å². The molecule has 1 atom stereocenters. The molecule has 1 unspecified atom stereocenters. The van der Waals surface area contributed by atoms with Crippen molar-refractivity contribution in [2.75, 3.05) is 32.2 Å². The number of likely N-dealkylation sites (tertiary alicyclic amines) is 1. The molecule has 1 aliphatic rings. The highest BCUT2D eigenvalue weighted by atomic mass is 32.2. The summed E-state index contributed by atoms with van der Waals surface area (Å²) in [5, 5.41) is 2.72. The summed E-state index contributed by atoms with van der Waals surface area (Å²) < 4.78 is 28.4. The van der Waals surface area contributed by atoms with E-state index in [1.807, 2.05) is 0 Å². The van der Waals surface area contributed by atoms with Crippen LogP contribution in [0, 0.1) is 0 Å². The number of hydrogen-bond acceptors (Lipinski definition) is 5. The summed E-state index contributed by atoms with van der Waals surface area (Å²) in [6.07, 6.45) is 5.17. The zero-order chi connectivity index (χ0) is 19.9. The van der Waals surface area contributed by atoms with Crippen molar-refractivity contribution in [3.63, 3.8) is 0 Å². The van der Waals surface area contributed by atoms with Crippen molar-refractivity contribution in [1.82, 2.24) is 10.2 Å². The minimum Gasteiger partial charge on any atom is -0.496 e. The Morgan fingerprint density at radius 1 is 1.15 bits per heavy atom. The van der Waals surface area contributed by atoms with Crippen molar-refractivity contribution in [3.05, 3.63) is 29.8 Å². The van der Waals surface area contributed by atoms with Crippen LogP contribution < -0.4 is 10.1 Å². The average molecular weight is 397 g/mol. The molecule has 0 spiro atoms. The van der Waals surface area contributed by atoms with E-state index < -0.39 is 21.8 Å². The Kier molecular flexibility index (Phi) is 7.65. The fraction of sp³-hybridized carbons (Fsp3) is 0.579. The number of sulfone groups is 1. The maximum absolute atomic E-state index is 13.0. The second-order valence-corrected chi connectivity index (χ2v) is 9.14. The number of carbonyl (C=O) groups is 2. The number of amides is 2. The molecule has 0 radical (unpaired) electrons. The molecule has 1 heterocycles. The first-order valence-corrected chi connectivity index (χ1v) is 11.3. The summed E-state index contributed by atoms with van der Waals surface area (Å²) >= 11 is 0. The molecule has 2 rings (SSSR count). The van der Waals surface area contributed by atoms with Gasteiger partial charge in [-0.1, -0.05) is 25.0 Å². The number of rotatable bonds is 7. The Labute approximate surface area is 161 Å². The van der Waals surface area contributed by atoms with Crippen LogP contribution in [0.3, 0.4) is 0 Å². The molecule has 2 amide bonds. The largest absolute Gasteiger partial charge is 0.496 e. The molecular weight excluding hydrogens is 368 g/mol. The number of nitrogens with zero attached hydrogens (tertiary/aromatic N) is 1. The highest BCUT2D eigenvalue weighted by Gasteiger charge is 2.28. The molecule has 1 aromatic carbocycles. The topological polar surface area (TPSA) is 92.8 Å². The quantitative estimate of drug-likeness (QED) is 0.756. The van der Waals surface area contributed by atoms with Crippen molar-refractivity contribution < 1.29 is 22.7 Å². The van der Waals surface area contributed by atoms with Gasteiger partial charge >= 0.3 is 0 Å². The Hall–Kier alpha value is -2.09. The van der Waals surface area contributed by atoms with E-state index in [0.29, 0.717) is 24.4 Å². The van der Waals surface area contributed by atoms with Gasteiger partial charge in [-0.3, -0.25) is 9.59 Å². The molecule has 1 N–H and O–H groups in total. The third-order valence-corrected chi connectivity index (χ3v) is 5.63. The summed E-state index contributed by atoms with van der Waals surface area (Å²) in [7, 11) is -1.78. The highest BCUT2D eigenvalue weighted by Crippen LogP contribution is 2.18. The first kappa shape index (κ1) is 21.2. The second kappa shape index (κ2) is 9.73. The van der Waals surface area contributed by atoms with Crippen LogP contribution in [-0.2, 0) is 14.6 Å². The summed E-state index contributed by atoms with van der Waals surface area (Å²) in [4.78, 5) is 27.4. The summed E-state index contributed by atoms with van der Waals surface area (Å²) in [6, 6.07) is 5.85. The van der Waals surface area contributed by atoms with E-state index >= 15 is 0 Å². The van der Waals surface area contributed by atoms with Crippen LogP contribution in [0.15, 0.2) is 24.3 Å². The lowest BCUT2D eigenvalue weighted by atomic mass is 10.1. The van der Waals surface area contributed by atoms with Gasteiger partial charge in [-0.05, 0) is 31.4 Å². The number of para-hydroxylation sites is 1. The normalized spacial score (nSPS) is 16.3. The smallest absolute Gasteiger partial charge is 0.255 e. The number of carbonyl (C=O) groups excluding carboxylic acids is 2. The lowest BCUT2D eigenvalue weighted by Crippen LogP contribution is -2.49. The van der Waals surface area contributed by atoms with Gasteiger partial charge in [-0.2, -0.15) is 0 Å². The van der Waals surface area contributed by atoms with Gasteiger partial charge in [0.05, 0.1) is 18.4 Å². The van der Waals surface area contributed by atoms with Gasteiger partial charge in [-0.25, -0.2) is 8.42 Å². The van der Waals surface area contributed by atoms with Gasteiger partial charge in [0.25, 0.3) is 5.91 Å². The Morgan fingerprint density at radius 3 is 2.37 bits per heavy atom. The maximum atomic E-state index is 13.0. The number of nitrogens with one attached hydrogen (secondary N) is 1. The van der Waals surface area contributed by atoms with E-state index in [4.69, 9.17) is 4.74 Å². The number of methoxy groups -OCH3 is 1. The Balaban J connectivity index is 2.18. The van der Waals surface area contributed by atoms with Crippen LogP contribution in [-0.4, -0.2) is 63.4 Å². The summed E-state index contributed by atoms with van der Waals surface area (Å²) in [6.45, 7) is 1.28. The number of ether oxygens (including phenoxy) is 1. The van der Waals surface area contributed by atoms with Gasteiger partial charge in [-0.15, -0.1) is 0 Å². The number of hydrogen-bond donors (Lipinski definition) is 1. The minimum absolute atomic E-state index is 0.0507. The molecule has 1 aliphatic heterocycles. The SMILES string of the molecule is COc1ccccc1C(=O)NC(CCS(C)(=O)=O)C(=O)N1CCCCCC1. The van der Waals surface area contributed by atoms with Crippen LogP contribution in [0.2, 0.25) is 0 Å². The highest BCUT2D eigenvalue weighted by molar-refractivity contribution is 7.90. The maximum Gasteiger partial charge on any atom is 0.255 e. The van der Waals surface area contributed by atoms with Gasteiger partial charge in [0.2, 0.25) is 5.91 Å². The zero-order valence-electron chi connectivity index (χ0n) is 15.9. The van der Waals surface area contributed by atoms with Crippen molar-refractivity contribution in [2.24, 2.45) is 0 Å². The second-order valence-electron chi connectivity index (χ2n) is 6.88. The molecule has 8 heteroatoms. The molecule has 7 nitrogen and oxygen atoms in total. The molecule has 0 aliphatic carbocycles. The van der Waals surface area contributed by atoms with E-state index in [-0.39, 0.29) is 18.1 Å². The molecule has 0 saturated carbocycles. The average Bonchev–Trinajstić information content (AvgIpc) is 2.93. The molecule has 0 aromatic heterocycles. The Bertz CT molecular complexity index is 755. The minimum atomic E-state index is -3.25. The summed E-state index contributed by atoms with van der Waals surface area (Å²) in [5.41, 5.74) is 0.313. The summed E-state index contributed by atoms with van der Waals surface area (Å²) in [5.74, 6) is -0.430. The third kappa shape index (κ3) is 6.53. The fourth-order valence-electron chi connectivity index (χ4n) is 3.17. The molecule has 1 fully saturated rings. The van der Waals surface area contributed by atoms with E-state index in [9.17, 15) is 18.0 Å². The monoisotopic (exact) mass is 396 g/mol. The van der Waals surface area contributed by atoms with Gasteiger partial charge in [0.1, 0.15) is 21.6 Å². The van der Waals surface area contributed by atoms with Gasteiger partial charge in [0, 0.05) is 19.3 Å². The van der Waals surface area contributed by atoms with Crippen LogP contribution in [0.4, 0.5) is 0 Å². The lowest BCUT2D eigenvalue weighted by molar-refractivity contribution is -0.133. The molecule has 1 aromatic rings. The Morgan fingerprint density at radius 2 is 1.78 bits per heavy atom. The van der Waals surface area contributed by atoms with Crippen molar-refractivity contribution in [2.45, 2.75) is 38.1 Å². The van der Waals surface area contributed by atoms with Crippen LogP contribution >= 0.6 is 0 Å². The predicted octanol–water partition coefficient (Wildman–Crippen LogP) is 1.63. The van der Waals surface area contributed by atoms with Gasteiger partial charge in [0.15, 0.2) is 0 Å². The van der Waals surface area contributed by atoms with Crippen LogP contribution in [0.25, 0.3) is 0 Å². The van der Waals surface area contributed by atoms with E-state index in [1.54, 1.807) is 29.2 Å². The first-order valence-electron chi connectivity index (χ1n) is 9.22.